The molecule has 0 aliphatic heterocycles. The van der Waals surface area contributed by atoms with Crippen molar-refractivity contribution < 1.29 is 14.5 Å². The summed E-state index contributed by atoms with van der Waals surface area (Å²) in [7, 11) is 1.38. The Balaban J connectivity index is 1.93. The summed E-state index contributed by atoms with van der Waals surface area (Å²) in [5.74, 6) is -0.510. The second-order valence-electron chi connectivity index (χ2n) is 5.25. The molecule has 0 spiro atoms. The lowest BCUT2D eigenvalue weighted by atomic mass is 10.2. The normalized spacial score (nSPS) is 10.7. The number of aromatic amines is 1. The first-order valence-electron chi connectivity index (χ1n) is 7.12. The van der Waals surface area contributed by atoms with Gasteiger partial charge in [-0.2, -0.15) is 0 Å². The van der Waals surface area contributed by atoms with Crippen LogP contribution in [0.1, 0.15) is 10.5 Å². The second kappa shape index (κ2) is 6.65. The maximum absolute atomic E-state index is 12.2. The van der Waals surface area contributed by atoms with Crippen LogP contribution in [0.4, 0.5) is 5.00 Å². The monoisotopic (exact) mass is 393 g/mol. The van der Waals surface area contributed by atoms with Gasteiger partial charge in [-0.15, -0.1) is 0 Å². The molecule has 2 aromatic heterocycles. The molecule has 2 heterocycles. The standard InChI is InChI=1S/C15H12ClN5O4S/c1-20(15(17)18)14(22)11-6-8-9(16)4-7(5-10(8)19-11)25-13-3-2-12(26-13)21(23)24/h2-6,19H,1H3,(H3,17,18). The van der Waals surface area contributed by atoms with Crippen LogP contribution in [-0.2, 0) is 0 Å². The number of nitrogens with one attached hydrogen (secondary N) is 2. The number of nitro groups is 1. The minimum atomic E-state index is -0.498. The Kier molecular flexibility index (Phi) is 4.53. The van der Waals surface area contributed by atoms with Gasteiger partial charge >= 0.3 is 5.00 Å². The third kappa shape index (κ3) is 3.32. The van der Waals surface area contributed by atoms with Crippen molar-refractivity contribution in [3.63, 3.8) is 0 Å². The van der Waals surface area contributed by atoms with E-state index in [1.807, 2.05) is 0 Å². The summed E-state index contributed by atoms with van der Waals surface area (Å²) in [6, 6.07) is 7.57. The number of thiophene rings is 1. The lowest BCUT2D eigenvalue weighted by molar-refractivity contribution is -0.380. The number of hydrogen-bond donors (Lipinski definition) is 3. The average molecular weight is 394 g/mol. The molecule has 0 bridgehead atoms. The highest BCUT2D eigenvalue weighted by molar-refractivity contribution is 7.17. The van der Waals surface area contributed by atoms with Gasteiger partial charge in [-0.05, 0) is 23.5 Å². The fraction of sp³-hybridized carbons (Fsp3) is 0.0667. The van der Waals surface area contributed by atoms with Gasteiger partial charge in [0.1, 0.15) is 11.4 Å². The number of carbonyl (C=O) groups excluding carboxylic acids is 1. The molecule has 9 nitrogen and oxygen atoms in total. The molecule has 1 amide bonds. The maximum Gasteiger partial charge on any atom is 0.327 e. The summed E-state index contributed by atoms with van der Waals surface area (Å²) in [5.41, 5.74) is 6.07. The predicted molar refractivity (Wildman–Crippen MR) is 98.4 cm³/mol. The fourth-order valence-electron chi connectivity index (χ4n) is 2.21. The molecule has 0 saturated heterocycles. The minimum absolute atomic E-state index is 0.0350. The van der Waals surface area contributed by atoms with Crippen molar-refractivity contribution in [1.29, 1.82) is 5.41 Å². The van der Waals surface area contributed by atoms with Crippen molar-refractivity contribution in [1.82, 2.24) is 9.88 Å². The van der Waals surface area contributed by atoms with Crippen molar-refractivity contribution in [3.05, 3.63) is 51.2 Å². The number of nitrogens with zero attached hydrogens (tertiary/aromatic N) is 2. The van der Waals surface area contributed by atoms with E-state index in [1.54, 1.807) is 18.2 Å². The molecular weight excluding hydrogens is 382 g/mol. The third-order valence-corrected chi connectivity index (χ3v) is 4.75. The average Bonchev–Trinajstić information content (AvgIpc) is 3.20. The van der Waals surface area contributed by atoms with Crippen LogP contribution in [0.15, 0.2) is 30.3 Å². The van der Waals surface area contributed by atoms with Gasteiger partial charge in [0, 0.05) is 30.6 Å². The Bertz CT molecular complexity index is 1040. The van der Waals surface area contributed by atoms with Crippen LogP contribution < -0.4 is 10.5 Å². The summed E-state index contributed by atoms with van der Waals surface area (Å²) < 4.78 is 5.61. The third-order valence-electron chi connectivity index (χ3n) is 3.52. The SMILES string of the molecule is CN(C(=N)N)C(=O)c1cc2c(Cl)cc(Oc3ccc([N+](=O)[O-])s3)cc2[nH]1. The lowest BCUT2D eigenvalue weighted by Crippen LogP contribution is -2.38. The van der Waals surface area contributed by atoms with Crippen molar-refractivity contribution >= 4 is 50.7 Å². The molecule has 0 atom stereocenters. The molecule has 134 valence electrons. The number of aromatic nitrogens is 1. The van der Waals surface area contributed by atoms with Crippen LogP contribution in [-0.4, -0.2) is 33.7 Å². The van der Waals surface area contributed by atoms with E-state index in [0.717, 1.165) is 16.2 Å². The van der Waals surface area contributed by atoms with Crippen LogP contribution in [0.2, 0.25) is 5.02 Å². The Morgan fingerprint density at radius 3 is 2.77 bits per heavy atom. The van der Waals surface area contributed by atoms with E-state index in [4.69, 9.17) is 27.5 Å². The fourth-order valence-corrected chi connectivity index (χ4v) is 3.17. The molecule has 1 aromatic carbocycles. The number of amides is 1. The molecule has 11 heteroatoms. The van der Waals surface area contributed by atoms with Crippen molar-refractivity contribution in [2.45, 2.75) is 0 Å². The summed E-state index contributed by atoms with van der Waals surface area (Å²) in [4.78, 5) is 26.4. The van der Waals surface area contributed by atoms with Crippen LogP contribution in [0.25, 0.3) is 10.9 Å². The quantitative estimate of drug-likeness (QED) is 0.269. The van der Waals surface area contributed by atoms with Gasteiger partial charge < -0.3 is 15.5 Å². The van der Waals surface area contributed by atoms with E-state index in [2.05, 4.69) is 4.98 Å². The van der Waals surface area contributed by atoms with Gasteiger partial charge in [0.05, 0.1) is 15.5 Å². The van der Waals surface area contributed by atoms with Crippen LogP contribution >= 0.6 is 22.9 Å². The molecule has 0 radical (unpaired) electrons. The molecule has 3 aromatic rings. The largest absolute Gasteiger partial charge is 0.446 e. The highest BCUT2D eigenvalue weighted by Crippen LogP contribution is 2.37. The predicted octanol–water partition coefficient (Wildman–Crippen LogP) is 3.55. The second-order valence-corrected chi connectivity index (χ2v) is 6.68. The molecule has 0 unspecified atom stereocenters. The first kappa shape index (κ1) is 17.7. The van der Waals surface area contributed by atoms with E-state index >= 15 is 0 Å². The zero-order valence-electron chi connectivity index (χ0n) is 13.3. The van der Waals surface area contributed by atoms with Gasteiger partial charge in [-0.3, -0.25) is 25.2 Å². The van der Waals surface area contributed by atoms with Gasteiger partial charge in [0.15, 0.2) is 11.0 Å². The molecule has 0 saturated carbocycles. The maximum atomic E-state index is 12.2. The number of guanidine groups is 1. The smallest absolute Gasteiger partial charge is 0.327 e. The summed E-state index contributed by atoms with van der Waals surface area (Å²) in [5, 5.41) is 19.3. The van der Waals surface area contributed by atoms with Crippen molar-refractivity contribution in [2.75, 3.05) is 7.05 Å². The van der Waals surface area contributed by atoms with E-state index < -0.39 is 10.8 Å². The number of H-pyrrole nitrogens is 1. The van der Waals surface area contributed by atoms with Gasteiger partial charge in [0.25, 0.3) is 5.91 Å². The number of nitrogens with two attached hydrogens (primary N) is 1. The summed E-state index contributed by atoms with van der Waals surface area (Å²) in [6.45, 7) is 0. The first-order chi connectivity index (χ1) is 12.3. The number of halogens is 1. The van der Waals surface area contributed by atoms with Crippen molar-refractivity contribution in [2.24, 2.45) is 5.73 Å². The van der Waals surface area contributed by atoms with E-state index in [-0.39, 0.29) is 16.7 Å². The van der Waals surface area contributed by atoms with E-state index in [1.165, 1.54) is 19.2 Å². The number of rotatable bonds is 4. The molecule has 4 N–H and O–H groups in total. The molecule has 0 aliphatic carbocycles. The molecule has 0 fully saturated rings. The van der Waals surface area contributed by atoms with E-state index in [0.29, 0.717) is 26.7 Å². The van der Waals surface area contributed by atoms with E-state index in [9.17, 15) is 14.9 Å². The molecule has 26 heavy (non-hydrogen) atoms. The number of fused-ring (bicyclic) bond motifs is 1. The van der Waals surface area contributed by atoms with Crippen LogP contribution in [0.5, 0.6) is 10.8 Å². The lowest BCUT2D eigenvalue weighted by Gasteiger charge is -2.12. The topological polar surface area (TPSA) is 138 Å². The van der Waals surface area contributed by atoms with Crippen LogP contribution in [0, 0.1) is 15.5 Å². The Morgan fingerprint density at radius 1 is 1.42 bits per heavy atom. The van der Waals surface area contributed by atoms with Crippen molar-refractivity contribution in [3.8, 4) is 10.8 Å². The molecular formula is C15H12ClN5O4S. The van der Waals surface area contributed by atoms with Crippen LogP contribution in [0.3, 0.4) is 0 Å². The Morgan fingerprint density at radius 2 is 2.15 bits per heavy atom. The number of carbonyl (C=O) groups is 1. The zero-order chi connectivity index (χ0) is 19.0. The number of hydrogen-bond acceptors (Lipinski definition) is 6. The Labute approximate surface area is 155 Å². The zero-order valence-corrected chi connectivity index (χ0v) is 14.9. The van der Waals surface area contributed by atoms with Gasteiger partial charge in [0.2, 0.25) is 0 Å². The highest BCUT2D eigenvalue weighted by Gasteiger charge is 2.18. The Hall–Kier alpha value is -3.11. The highest BCUT2D eigenvalue weighted by atomic mass is 35.5. The number of benzene rings is 1. The molecule has 3 rings (SSSR count). The minimum Gasteiger partial charge on any atom is -0.446 e. The van der Waals surface area contributed by atoms with Gasteiger partial charge in [-0.25, -0.2) is 0 Å². The molecule has 0 aliphatic rings. The first-order valence-corrected chi connectivity index (χ1v) is 8.32. The summed E-state index contributed by atoms with van der Waals surface area (Å²) in [6.07, 6.45) is 0. The van der Waals surface area contributed by atoms with Gasteiger partial charge in [-0.1, -0.05) is 11.6 Å². The number of ether oxygens (including phenoxy) is 1. The summed E-state index contributed by atoms with van der Waals surface area (Å²) >= 11 is 7.14.